The van der Waals surface area contributed by atoms with Crippen molar-refractivity contribution >= 4 is 10.0 Å². The Morgan fingerprint density at radius 1 is 1.52 bits per heavy atom. The summed E-state index contributed by atoms with van der Waals surface area (Å²) in [6.07, 6.45) is 6.01. The van der Waals surface area contributed by atoms with Crippen molar-refractivity contribution in [3.8, 4) is 0 Å². The first kappa shape index (κ1) is 16.4. The second kappa shape index (κ2) is 7.84. The Kier molecular flexibility index (Phi) is 6.10. The molecule has 2 rings (SSSR count). The Bertz CT molecular complexity index is 515. The Labute approximate surface area is 127 Å². The van der Waals surface area contributed by atoms with Crippen molar-refractivity contribution in [3.63, 3.8) is 0 Å². The largest absolute Gasteiger partial charge is 0.316 e. The molecule has 1 fully saturated rings. The van der Waals surface area contributed by atoms with Gasteiger partial charge in [-0.1, -0.05) is 6.07 Å². The predicted molar refractivity (Wildman–Crippen MR) is 83.3 cm³/mol. The van der Waals surface area contributed by atoms with Crippen LogP contribution in [-0.4, -0.2) is 57.3 Å². The van der Waals surface area contributed by atoms with Gasteiger partial charge in [0.15, 0.2) is 0 Å². The van der Waals surface area contributed by atoms with E-state index in [9.17, 15) is 8.42 Å². The number of pyridine rings is 1. The van der Waals surface area contributed by atoms with E-state index in [1.54, 1.807) is 6.20 Å². The minimum Gasteiger partial charge on any atom is -0.316 e. The highest BCUT2D eigenvalue weighted by Crippen LogP contribution is 2.12. The van der Waals surface area contributed by atoms with E-state index in [1.165, 1.54) is 12.7 Å². The summed E-state index contributed by atoms with van der Waals surface area (Å²) in [6, 6.07) is 3.98. The molecule has 0 aromatic carbocycles. The molecule has 7 heteroatoms. The van der Waals surface area contributed by atoms with Crippen LogP contribution in [0.5, 0.6) is 0 Å². The van der Waals surface area contributed by atoms with Gasteiger partial charge in [0.2, 0.25) is 10.0 Å². The highest BCUT2D eigenvalue weighted by Gasteiger charge is 2.18. The van der Waals surface area contributed by atoms with Gasteiger partial charge < -0.3 is 5.32 Å². The minimum absolute atomic E-state index is 0.444. The molecule has 1 aliphatic rings. The smallest absolute Gasteiger partial charge is 0.208 e. The molecule has 1 atom stereocenters. The van der Waals surface area contributed by atoms with Crippen LogP contribution >= 0.6 is 0 Å². The molecule has 6 nitrogen and oxygen atoms in total. The number of rotatable bonds is 8. The highest BCUT2D eigenvalue weighted by molar-refractivity contribution is 7.88. The molecular weight excluding hydrogens is 288 g/mol. The van der Waals surface area contributed by atoms with E-state index in [0.29, 0.717) is 19.0 Å². The van der Waals surface area contributed by atoms with Gasteiger partial charge in [0.05, 0.1) is 6.26 Å². The predicted octanol–water partition coefficient (Wildman–Crippen LogP) is 0.0423. The molecule has 118 valence electrons. The van der Waals surface area contributed by atoms with E-state index in [4.69, 9.17) is 0 Å². The summed E-state index contributed by atoms with van der Waals surface area (Å²) >= 11 is 0. The van der Waals surface area contributed by atoms with Crippen LogP contribution in [0, 0.1) is 5.92 Å². The first-order valence-electron chi connectivity index (χ1n) is 7.29. The molecule has 0 aliphatic carbocycles. The van der Waals surface area contributed by atoms with Gasteiger partial charge in [-0.3, -0.25) is 9.88 Å². The van der Waals surface area contributed by atoms with Gasteiger partial charge >= 0.3 is 0 Å². The monoisotopic (exact) mass is 312 g/mol. The van der Waals surface area contributed by atoms with Gasteiger partial charge in [-0.2, -0.15) is 0 Å². The number of nitrogens with one attached hydrogen (secondary N) is 2. The maximum absolute atomic E-state index is 11.2. The molecule has 2 N–H and O–H groups in total. The third kappa shape index (κ3) is 6.52. The van der Waals surface area contributed by atoms with E-state index in [0.717, 1.165) is 31.7 Å². The zero-order valence-electron chi connectivity index (χ0n) is 12.5. The van der Waals surface area contributed by atoms with Crippen LogP contribution in [-0.2, 0) is 16.6 Å². The standard InChI is InChI=1S/C14H24N4O2S/c1-21(19,20)17-7-8-18(12-14-4-6-16-10-14)11-13-3-2-5-15-9-13/h2-3,5,9,14,16-17H,4,6-8,10-12H2,1H3. The summed E-state index contributed by atoms with van der Waals surface area (Å²) in [5.74, 6) is 0.639. The summed E-state index contributed by atoms with van der Waals surface area (Å²) < 4.78 is 24.9. The quantitative estimate of drug-likeness (QED) is 0.709. The van der Waals surface area contributed by atoms with Crippen molar-refractivity contribution in [1.29, 1.82) is 0 Å². The third-order valence-electron chi connectivity index (χ3n) is 3.60. The molecule has 1 saturated heterocycles. The summed E-state index contributed by atoms with van der Waals surface area (Å²) in [6.45, 7) is 5.05. The normalized spacial score (nSPS) is 19.2. The average molecular weight is 312 g/mol. The van der Waals surface area contributed by atoms with Crippen LogP contribution in [0.4, 0.5) is 0 Å². The lowest BCUT2D eigenvalue weighted by Crippen LogP contribution is -2.37. The molecule has 1 aromatic heterocycles. The van der Waals surface area contributed by atoms with Gasteiger partial charge in [0.25, 0.3) is 0 Å². The Morgan fingerprint density at radius 3 is 3.00 bits per heavy atom. The van der Waals surface area contributed by atoms with E-state index in [-0.39, 0.29) is 0 Å². The van der Waals surface area contributed by atoms with Crippen LogP contribution in [0.2, 0.25) is 0 Å². The molecule has 1 aromatic rings. The second-order valence-corrected chi connectivity index (χ2v) is 7.45. The molecule has 1 unspecified atom stereocenters. The molecule has 1 aliphatic heterocycles. The fourth-order valence-corrected chi connectivity index (χ4v) is 3.07. The zero-order valence-corrected chi connectivity index (χ0v) is 13.3. The summed E-state index contributed by atoms with van der Waals surface area (Å²) in [7, 11) is -3.12. The molecule has 2 heterocycles. The van der Waals surface area contributed by atoms with Crippen molar-refractivity contribution in [3.05, 3.63) is 30.1 Å². The van der Waals surface area contributed by atoms with Crippen LogP contribution in [0.3, 0.4) is 0 Å². The molecule has 0 amide bonds. The van der Waals surface area contributed by atoms with Crippen molar-refractivity contribution in [2.75, 3.05) is 39.0 Å². The van der Waals surface area contributed by atoms with E-state index in [1.807, 2.05) is 12.3 Å². The molecule has 0 radical (unpaired) electrons. The van der Waals surface area contributed by atoms with Gasteiger partial charge in [-0.15, -0.1) is 0 Å². The van der Waals surface area contributed by atoms with Crippen LogP contribution < -0.4 is 10.0 Å². The minimum atomic E-state index is -3.12. The summed E-state index contributed by atoms with van der Waals surface area (Å²) in [5, 5.41) is 3.37. The van der Waals surface area contributed by atoms with Crippen molar-refractivity contribution < 1.29 is 8.42 Å². The Morgan fingerprint density at radius 2 is 2.38 bits per heavy atom. The fraction of sp³-hybridized carbons (Fsp3) is 0.643. The first-order valence-corrected chi connectivity index (χ1v) is 9.19. The number of aromatic nitrogens is 1. The van der Waals surface area contributed by atoms with Gasteiger partial charge in [0, 0.05) is 38.6 Å². The maximum atomic E-state index is 11.2. The lowest BCUT2D eigenvalue weighted by Gasteiger charge is -2.25. The topological polar surface area (TPSA) is 74.3 Å². The molecular formula is C14H24N4O2S. The van der Waals surface area contributed by atoms with E-state index < -0.39 is 10.0 Å². The third-order valence-corrected chi connectivity index (χ3v) is 4.33. The van der Waals surface area contributed by atoms with Gasteiger partial charge in [-0.05, 0) is 37.1 Å². The van der Waals surface area contributed by atoms with Crippen LogP contribution in [0.25, 0.3) is 0 Å². The van der Waals surface area contributed by atoms with E-state index >= 15 is 0 Å². The van der Waals surface area contributed by atoms with Crippen molar-refractivity contribution in [1.82, 2.24) is 19.9 Å². The zero-order chi connectivity index (χ0) is 15.1. The second-order valence-electron chi connectivity index (χ2n) is 5.62. The van der Waals surface area contributed by atoms with Crippen LogP contribution in [0.1, 0.15) is 12.0 Å². The molecule has 0 spiro atoms. The molecule has 0 saturated carbocycles. The number of nitrogens with zero attached hydrogens (tertiary/aromatic N) is 2. The van der Waals surface area contributed by atoms with Gasteiger partial charge in [-0.25, -0.2) is 13.1 Å². The average Bonchev–Trinajstić information content (AvgIpc) is 2.91. The molecule has 21 heavy (non-hydrogen) atoms. The van der Waals surface area contributed by atoms with Crippen molar-refractivity contribution in [2.24, 2.45) is 5.92 Å². The first-order chi connectivity index (χ1) is 10.0. The van der Waals surface area contributed by atoms with Crippen molar-refractivity contribution in [2.45, 2.75) is 13.0 Å². The lowest BCUT2D eigenvalue weighted by molar-refractivity contribution is 0.232. The van der Waals surface area contributed by atoms with Crippen LogP contribution in [0.15, 0.2) is 24.5 Å². The highest BCUT2D eigenvalue weighted by atomic mass is 32.2. The van der Waals surface area contributed by atoms with E-state index in [2.05, 4.69) is 26.0 Å². The number of hydrogen-bond acceptors (Lipinski definition) is 5. The maximum Gasteiger partial charge on any atom is 0.208 e. The Hall–Kier alpha value is -1.02. The van der Waals surface area contributed by atoms with Gasteiger partial charge in [0.1, 0.15) is 0 Å². The Balaban J connectivity index is 1.89. The number of sulfonamides is 1. The summed E-state index contributed by atoms with van der Waals surface area (Å²) in [4.78, 5) is 6.44. The number of hydrogen-bond donors (Lipinski definition) is 2. The summed E-state index contributed by atoms with van der Waals surface area (Å²) in [5.41, 5.74) is 1.16. The SMILES string of the molecule is CS(=O)(=O)NCCN(Cc1cccnc1)CC1CCNC1. The molecule has 0 bridgehead atoms. The lowest BCUT2D eigenvalue weighted by atomic mass is 10.1. The fourth-order valence-electron chi connectivity index (χ4n) is 2.61.